The summed E-state index contributed by atoms with van der Waals surface area (Å²) < 4.78 is 0. The molecule has 0 radical (unpaired) electrons. The maximum Gasteiger partial charge on any atom is 0.172 e. The van der Waals surface area contributed by atoms with E-state index < -0.39 is 0 Å². The lowest BCUT2D eigenvalue weighted by molar-refractivity contribution is 0.259. The molecule has 2 aliphatic heterocycles. The van der Waals surface area contributed by atoms with Crippen LogP contribution in [0, 0.1) is 0 Å². The quantitative estimate of drug-likeness (QED) is 0.676. The van der Waals surface area contributed by atoms with Crippen molar-refractivity contribution in [3.05, 3.63) is 0 Å². The molecule has 2 heterocycles. The Hall–Kier alpha value is 0.0900. The highest BCUT2D eigenvalue weighted by atomic mass is 33.1. The molecule has 1 saturated heterocycles. The molecule has 2 aliphatic rings. The first-order chi connectivity index (χ1) is 8.16. The van der Waals surface area contributed by atoms with E-state index >= 15 is 0 Å². The van der Waals surface area contributed by atoms with Gasteiger partial charge in [0.25, 0.3) is 0 Å². The van der Waals surface area contributed by atoms with Gasteiger partial charge in [-0.05, 0) is 68.7 Å². The second-order valence-electron chi connectivity index (χ2n) is 4.88. The van der Waals surface area contributed by atoms with Crippen molar-refractivity contribution in [1.82, 2.24) is 14.7 Å². The van der Waals surface area contributed by atoms with E-state index in [1.165, 1.54) is 31.1 Å². The average molecular weight is 274 g/mol. The van der Waals surface area contributed by atoms with Gasteiger partial charge >= 0.3 is 0 Å². The second-order valence-corrected chi connectivity index (χ2v) is 7.10. The molecule has 1 atom stereocenters. The van der Waals surface area contributed by atoms with Crippen LogP contribution >= 0.6 is 21.6 Å². The van der Waals surface area contributed by atoms with Crippen molar-refractivity contribution in [2.24, 2.45) is 4.99 Å². The largest absolute Gasteiger partial charge is 0.351 e. The minimum Gasteiger partial charge on any atom is -0.351 e. The summed E-state index contributed by atoms with van der Waals surface area (Å²) in [6.07, 6.45) is 2.49. The van der Waals surface area contributed by atoms with Crippen LogP contribution in [0.4, 0.5) is 0 Å². The number of nitrogens with zero attached hydrogens (tertiary/aromatic N) is 4. The van der Waals surface area contributed by atoms with Crippen LogP contribution in [0.15, 0.2) is 4.99 Å². The molecular weight excluding hydrogens is 252 g/mol. The van der Waals surface area contributed by atoms with Crippen molar-refractivity contribution in [1.29, 1.82) is 0 Å². The number of aliphatic imine (C=N–C) groups is 1. The normalized spacial score (nSPS) is 28.1. The number of hydrogen-bond acceptors (Lipinski definition) is 6. The molecule has 1 fully saturated rings. The molecule has 1 unspecified atom stereocenters. The zero-order valence-corrected chi connectivity index (χ0v) is 12.6. The second kappa shape index (κ2) is 6.31. The summed E-state index contributed by atoms with van der Waals surface area (Å²) in [5.74, 6) is 0. The molecule has 6 heteroatoms. The van der Waals surface area contributed by atoms with E-state index in [-0.39, 0.29) is 0 Å². The van der Waals surface area contributed by atoms with Crippen LogP contribution in [0.3, 0.4) is 0 Å². The third-order valence-electron chi connectivity index (χ3n) is 3.08. The summed E-state index contributed by atoms with van der Waals surface area (Å²) in [5.41, 5.74) is 0.295. The summed E-state index contributed by atoms with van der Waals surface area (Å²) in [6.45, 7) is 4.71. The van der Waals surface area contributed by atoms with E-state index in [2.05, 4.69) is 35.8 Å². The van der Waals surface area contributed by atoms with Gasteiger partial charge < -0.3 is 9.80 Å². The average Bonchev–Trinajstić information content (AvgIpc) is 2.72. The minimum atomic E-state index is 0.295. The molecule has 0 bridgehead atoms. The smallest absolute Gasteiger partial charge is 0.172 e. The van der Waals surface area contributed by atoms with E-state index in [0.717, 1.165) is 13.1 Å². The predicted octanol–water partition coefficient (Wildman–Crippen LogP) is 1.61. The van der Waals surface area contributed by atoms with Crippen LogP contribution in [0.5, 0.6) is 0 Å². The van der Waals surface area contributed by atoms with E-state index in [9.17, 15) is 0 Å². The van der Waals surface area contributed by atoms with Crippen LogP contribution in [0.1, 0.15) is 12.8 Å². The first kappa shape index (κ1) is 13.5. The first-order valence-electron chi connectivity index (χ1n) is 6.18. The van der Waals surface area contributed by atoms with Crippen molar-refractivity contribution >= 4 is 26.8 Å². The highest BCUT2D eigenvalue weighted by molar-refractivity contribution is 8.82. The van der Waals surface area contributed by atoms with Gasteiger partial charge in [0.2, 0.25) is 0 Å². The molecule has 0 aliphatic carbocycles. The zero-order chi connectivity index (χ0) is 12.3. The van der Waals surface area contributed by atoms with Gasteiger partial charge in [-0.15, -0.1) is 0 Å². The van der Waals surface area contributed by atoms with Gasteiger partial charge in [-0.3, -0.25) is 4.90 Å². The molecule has 4 nitrogen and oxygen atoms in total. The van der Waals surface area contributed by atoms with Crippen LogP contribution in [0.2, 0.25) is 0 Å². The van der Waals surface area contributed by atoms with E-state index in [0.29, 0.717) is 5.50 Å². The third-order valence-corrected chi connectivity index (χ3v) is 5.64. The Bertz CT molecular complexity index is 273. The molecule has 17 heavy (non-hydrogen) atoms. The van der Waals surface area contributed by atoms with Gasteiger partial charge in [0, 0.05) is 13.1 Å². The fourth-order valence-corrected chi connectivity index (χ4v) is 4.63. The van der Waals surface area contributed by atoms with Gasteiger partial charge in [0.15, 0.2) is 10.7 Å². The standard InChI is InChI=1S/C11H22N4S2/c1-13(2)10-12-11(17-16-10)15-8-4-6-14(3)7-5-9-15/h10H,4-9H2,1-3H3. The summed E-state index contributed by atoms with van der Waals surface area (Å²) in [6, 6.07) is 0. The molecule has 0 spiro atoms. The lowest BCUT2D eigenvalue weighted by Crippen LogP contribution is -2.37. The Balaban J connectivity index is 1.91. The highest BCUT2D eigenvalue weighted by Crippen LogP contribution is 2.38. The zero-order valence-electron chi connectivity index (χ0n) is 10.9. The third kappa shape index (κ3) is 3.77. The molecular formula is C11H22N4S2. The Labute approximate surface area is 112 Å². The van der Waals surface area contributed by atoms with Crippen LogP contribution in [-0.2, 0) is 0 Å². The maximum atomic E-state index is 4.78. The van der Waals surface area contributed by atoms with Crippen LogP contribution < -0.4 is 0 Å². The lowest BCUT2D eigenvalue weighted by atomic mass is 10.2. The number of hydrogen-bond donors (Lipinski definition) is 0. The molecule has 2 rings (SSSR count). The maximum absolute atomic E-state index is 4.78. The molecule has 0 amide bonds. The van der Waals surface area contributed by atoms with Crippen LogP contribution in [-0.4, -0.2) is 72.7 Å². The number of amidine groups is 1. The fraction of sp³-hybridized carbons (Fsp3) is 0.909. The SMILES string of the molecule is CN1CCCN(C2=NC(N(C)C)SS2)CCC1. The summed E-state index contributed by atoms with van der Waals surface area (Å²) in [4.78, 5) is 11.8. The van der Waals surface area contributed by atoms with E-state index in [4.69, 9.17) is 4.99 Å². The van der Waals surface area contributed by atoms with Crippen molar-refractivity contribution in [2.75, 3.05) is 47.3 Å². The van der Waals surface area contributed by atoms with E-state index in [1.807, 2.05) is 21.6 Å². The highest BCUT2D eigenvalue weighted by Gasteiger charge is 2.25. The molecule has 0 saturated carbocycles. The topological polar surface area (TPSA) is 22.1 Å². The molecule has 0 aromatic rings. The van der Waals surface area contributed by atoms with Crippen molar-refractivity contribution in [2.45, 2.75) is 18.3 Å². The van der Waals surface area contributed by atoms with Gasteiger partial charge in [0.05, 0.1) is 0 Å². The van der Waals surface area contributed by atoms with Crippen molar-refractivity contribution < 1.29 is 0 Å². The van der Waals surface area contributed by atoms with Gasteiger partial charge in [-0.2, -0.15) is 0 Å². The molecule has 0 N–H and O–H groups in total. The van der Waals surface area contributed by atoms with E-state index in [1.54, 1.807) is 0 Å². The monoisotopic (exact) mass is 274 g/mol. The Morgan fingerprint density at radius 1 is 1.18 bits per heavy atom. The Kier molecular flexibility index (Phi) is 5.02. The fourth-order valence-electron chi connectivity index (χ4n) is 2.04. The summed E-state index contributed by atoms with van der Waals surface area (Å²) in [5, 5.41) is 1.23. The first-order valence-corrected chi connectivity index (χ1v) is 8.39. The van der Waals surface area contributed by atoms with Gasteiger partial charge in [-0.1, -0.05) is 0 Å². The van der Waals surface area contributed by atoms with Gasteiger partial charge in [-0.25, -0.2) is 4.99 Å². The predicted molar refractivity (Wildman–Crippen MR) is 78.4 cm³/mol. The summed E-state index contributed by atoms with van der Waals surface area (Å²) in [7, 11) is 10.1. The Morgan fingerprint density at radius 2 is 1.82 bits per heavy atom. The van der Waals surface area contributed by atoms with Crippen molar-refractivity contribution in [3.63, 3.8) is 0 Å². The Morgan fingerprint density at radius 3 is 2.35 bits per heavy atom. The summed E-state index contributed by atoms with van der Waals surface area (Å²) >= 11 is 0. The molecule has 0 aromatic carbocycles. The minimum absolute atomic E-state index is 0.295. The number of rotatable bonds is 1. The molecule has 98 valence electrons. The van der Waals surface area contributed by atoms with Crippen molar-refractivity contribution in [3.8, 4) is 0 Å². The molecule has 0 aromatic heterocycles. The lowest BCUT2D eigenvalue weighted by Gasteiger charge is -2.28. The van der Waals surface area contributed by atoms with Gasteiger partial charge in [0.1, 0.15) is 0 Å². The van der Waals surface area contributed by atoms with Crippen LogP contribution in [0.25, 0.3) is 0 Å².